The number of fused-ring (bicyclic) bond motifs is 1. The first kappa shape index (κ1) is 19.9. The van der Waals surface area contributed by atoms with Crippen molar-refractivity contribution in [1.29, 1.82) is 5.26 Å². The zero-order valence-electron chi connectivity index (χ0n) is 16.9. The van der Waals surface area contributed by atoms with Crippen molar-refractivity contribution in [1.82, 2.24) is 0 Å². The number of esters is 1. The average Bonchev–Trinajstić information content (AvgIpc) is 3.01. The van der Waals surface area contributed by atoms with E-state index in [0.717, 1.165) is 37.9 Å². The highest BCUT2D eigenvalue weighted by Crippen LogP contribution is 2.64. The van der Waals surface area contributed by atoms with Crippen LogP contribution < -0.4 is 0 Å². The Balaban J connectivity index is 1.96. The molecule has 2 saturated carbocycles. The van der Waals surface area contributed by atoms with E-state index in [1.54, 1.807) is 13.2 Å². The minimum atomic E-state index is -0.227. The number of hydrogen-bond donors (Lipinski definition) is 0. The third-order valence-corrected chi connectivity index (χ3v) is 8.03. The van der Waals surface area contributed by atoms with Crippen molar-refractivity contribution in [2.45, 2.75) is 58.8 Å². The summed E-state index contributed by atoms with van der Waals surface area (Å²) in [4.78, 5) is 24.3. The zero-order chi connectivity index (χ0) is 19.8. The highest BCUT2D eigenvalue weighted by atomic mass is 16.5. The Kier molecular flexibility index (Phi) is 5.38. The molecule has 0 aromatic carbocycles. The van der Waals surface area contributed by atoms with E-state index in [-0.39, 0.29) is 40.3 Å². The second kappa shape index (κ2) is 7.30. The molecule has 27 heavy (non-hydrogen) atoms. The predicted molar refractivity (Wildman–Crippen MR) is 100 cm³/mol. The van der Waals surface area contributed by atoms with Crippen LogP contribution in [-0.2, 0) is 19.1 Å². The average molecular weight is 373 g/mol. The van der Waals surface area contributed by atoms with Gasteiger partial charge in [0.25, 0.3) is 0 Å². The lowest BCUT2D eigenvalue weighted by atomic mass is 9.51. The molecule has 0 spiro atoms. The molecule has 0 aromatic rings. The van der Waals surface area contributed by atoms with Gasteiger partial charge in [0.2, 0.25) is 0 Å². The molecule has 3 aliphatic rings. The number of ketones is 1. The summed E-state index contributed by atoms with van der Waals surface area (Å²) >= 11 is 0. The lowest BCUT2D eigenvalue weighted by molar-refractivity contribution is -0.152. The second-order valence-corrected chi connectivity index (χ2v) is 9.03. The third kappa shape index (κ3) is 3.07. The van der Waals surface area contributed by atoms with Crippen LogP contribution in [0.4, 0.5) is 0 Å². The van der Waals surface area contributed by atoms with Gasteiger partial charge in [-0.2, -0.15) is 5.26 Å². The van der Waals surface area contributed by atoms with Gasteiger partial charge in [0.1, 0.15) is 5.76 Å². The zero-order valence-corrected chi connectivity index (χ0v) is 16.9. The summed E-state index contributed by atoms with van der Waals surface area (Å²) in [6.45, 7) is 4.41. The molecule has 0 bridgehead atoms. The summed E-state index contributed by atoms with van der Waals surface area (Å²) in [6.07, 6.45) is 7.13. The van der Waals surface area contributed by atoms with Crippen LogP contribution in [0.2, 0.25) is 0 Å². The fourth-order valence-electron chi connectivity index (χ4n) is 6.55. The van der Waals surface area contributed by atoms with Gasteiger partial charge in [0.05, 0.1) is 26.2 Å². The van der Waals surface area contributed by atoms with E-state index in [1.807, 2.05) is 0 Å². The lowest BCUT2D eigenvalue weighted by Crippen LogP contribution is -2.49. The molecule has 5 heteroatoms. The van der Waals surface area contributed by atoms with E-state index in [1.165, 1.54) is 7.11 Å². The van der Waals surface area contributed by atoms with Crippen LogP contribution in [-0.4, -0.2) is 26.0 Å². The molecule has 6 atom stereocenters. The Morgan fingerprint density at radius 3 is 2.59 bits per heavy atom. The Morgan fingerprint density at radius 1 is 1.22 bits per heavy atom. The highest BCUT2D eigenvalue weighted by Gasteiger charge is 2.59. The molecule has 3 rings (SSSR count). The SMILES string of the molecule is COC(=O)[C@H]1CC[C@H]2[C@H](CC#N)[C@@H]([C@@]3(C)CCC(=O)C=C3OC)CC[C@]12C. The Morgan fingerprint density at radius 2 is 1.96 bits per heavy atom. The van der Waals surface area contributed by atoms with Crippen molar-refractivity contribution in [3.05, 3.63) is 11.8 Å². The van der Waals surface area contributed by atoms with Gasteiger partial charge in [-0.15, -0.1) is 0 Å². The highest BCUT2D eigenvalue weighted by molar-refractivity contribution is 5.91. The maximum Gasteiger partial charge on any atom is 0.309 e. The van der Waals surface area contributed by atoms with Gasteiger partial charge in [0.15, 0.2) is 5.78 Å². The first-order valence-corrected chi connectivity index (χ1v) is 10.1. The summed E-state index contributed by atoms with van der Waals surface area (Å²) in [7, 11) is 3.10. The Labute approximate surface area is 162 Å². The number of methoxy groups -OCH3 is 2. The van der Waals surface area contributed by atoms with E-state index in [9.17, 15) is 14.9 Å². The van der Waals surface area contributed by atoms with Crippen LogP contribution in [0.3, 0.4) is 0 Å². The van der Waals surface area contributed by atoms with Gasteiger partial charge < -0.3 is 9.47 Å². The summed E-state index contributed by atoms with van der Waals surface area (Å²) < 4.78 is 10.7. The lowest BCUT2D eigenvalue weighted by Gasteiger charge is -2.53. The van der Waals surface area contributed by atoms with Gasteiger partial charge in [-0.05, 0) is 55.3 Å². The normalized spacial score (nSPS) is 41.3. The van der Waals surface area contributed by atoms with Crippen LogP contribution in [0.5, 0.6) is 0 Å². The molecular weight excluding hydrogens is 342 g/mol. The first-order chi connectivity index (χ1) is 12.8. The monoisotopic (exact) mass is 373 g/mol. The molecule has 0 saturated heterocycles. The molecular formula is C22H31NO4. The molecule has 5 nitrogen and oxygen atoms in total. The van der Waals surface area contributed by atoms with Gasteiger partial charge in [0, 0.05) is 24.3 Å². The van der Waals surface area contributed by atoms with E-state index >= 15 is 0 Å². The third-order valence-electron chi connectivity index (χ3n) is 8.03. The number of allylic oxidation sites excluding steroid dienone is 2. The van der Waals surface area contributed by atoms with Crippen LogP contribution >= 0.6 is 0 Å². The van der Waals surface area contributed by atoms with E-state index in [4.69, 9.17) is 9.47 Å². The van der Waals surface area contributed by atoms with Crippen molar-refractivity contribution < 1.29 is 19.1 Å². The van der Waals surface area contributed by atoms with E-state index in [0.29, 0.717) is 18.8 Å². The van der Waals surface area contributed by atoms with Crippen LogP contribution in [0.25, 0.3) is 0 Å². The van der Waals surface area contributed by atoms with Crippen LogP contribution in [0.15, 0.2) is 11.8 Å². The number of carbonyl (C=O) groups excluding carboxylic acids is 2. The number of hydrogen-bond acceptors (Lipinski definition) is 5. The van der Waals surface area contributed by atoms with Crippen molar-refractivity contribution in [2.24, 2.45) is 34.5 Å². The summed E-state index contributed by atoms with van der Waals surface area (Å²) in [5, 5.41) is 9.57. The molecule has 148 valence electrons. The molecule has 0 unspecified atom stereocenters. The quantitative estimate of drug-likeness (QED) is 0.695. The van der Waals surface area contributed by atoms with Crippen molar-refractivity contribution in [3.8, 4) is 6.07 Å². The van der Waals surface area contributed by atoms with Gasteiger partial charge >= 0.3 is 5.97 Å². The molecule has 0 radical (unpaired) electrons. The first-order valence-electron chi connectivity index (χ1n) is 10.1. The molecule has 0 aliphatic heterocycles. The smallest absolute Gasteiger partial charge is 0.309 e. The Bertz CT molecular complexity index is 693. The minimum Gasteiger partial charge on any atom is -0.500 e. The fraction of sp³-hybridized carbons (Fsp3) is 0.773. The Hall–Kier alpha value is -1.83. The summed E-state index contributed by atoms with van der Waals surface area (Å²) in [5.74, 6) is 1.51. The second-order valence-electron chi connectivity index (χ2n) is 9.03. The molecule has 0 N–H and O–H groups in total. The number of nitriles is 1. The fourth-order valence-corrected chi connectivity index (χ4v) is 6.55. The maximum absolute atomic E-state index is 12.4. The summed E-state index contributed by atoms with van der Waals surface area (Å²) in [6, 6.07) is 2.41. The maximum atomic E-state index is 12.4. The molecule has 0 aromatic heterocycles. The van der Waals surface area contributed by atoms with Gasteiger partial charge in [-0.25, -0.2) is 0 Å². The van der Waals surface area contributed by atoms with Gasteiger partial charge in [-0.3, -0.25) is 9.59 Å². The molecule has 3 aliphatic carbocycles. The van der Waals surface area contributed by atoms with Gasteiger partial charge in [-0.1, -0.05) is 13.8 Å². The van der Waals surface area contributed by atoms with E-state index in [2.05, 4.69) is 19.9 Å². The topological polar surface area (TPSA) is 76.4 Å². The number of ether oxygens (including phenoxy) is 2. The van der Waals surface area contributed by atoms with Crippen molar-refractivity contribution >= 4 is 11.8 Å². The van der Waals surface area contributed by atoms with Crippen LogP contribution in [0, 0.1) is 45.8 Å². The van der Waals surface area contributed by atoms with Crippen molar-refractivity contribution in [3.63, 3.8) is 0 Å². The molecule has 0 heterocycles. The number of nitrogens with zero attached hydrogens (tertiary/aromatic N) is 1. The summed E-state index contributed by atoms with van der Waals surface area (Å²) in [5.41, 5.74) is -0.336. The predicted octanol–water partition coefficient (Wildman–Crippen LogP) is 4.03. The van der Waals surface area contributed by atoms with E-state index < -0.39 is 0 Å². The largest absolute Gasteiger partial charge is 0.500 e. The number of carbonyl (C=O) groups is 2. The molecule has 2 fully saturated rings. The van der Waals surface area contributed by atoms with Crippen molar-refractivity contribution in [2.75, 3.05) is 14.2 Å². The van der Waals surface area contributed by atoms with Crippen LogP contribution in [0.1, 0.15) is 58.8 Å². The molecule has 0 amide bonds. The minimum absolute atomic E-state index is 0.0761. The number of rotatable bonds is 4. The standard InChI is InChI=1S/C22H31NO4/c1-21-11-8-17(22(2)10-7-14(24)13-19(22)26-3)15(9-12-23)16(21)5-6-18(21)20(25)27-4/h13,15-18H,5-11H2,1-4H3/t15-,16-,17-,18+,21-,22+/m0/s1.